The number of benzene rings is 2. The fourth-order valence-corrected chi connectivity index (χ4v) is 2.74. The van der Waals surface area contributed by atoms with Crippen LogP contribution in [0, 0.1) is 0 Å². The van der Waals surface area contributed by atoms with Crippen molar-refractivity contribution in [3.8, 4) is 0 Å². The third-order valence-corrected chi connectivity index (χ3v) is 4.03. The summed E-state index contributed by atoms with van der Waals surface area (Å²) in [5.41, 5.74) is 6.17. The predicted molar refractivity (Wildman–Crippen MR) is 108 cm³/mol. The summed E-state index contributed by atoms with van der Waals surface area (Å²) in [5, 5.41) is 4.13. The number of anilines is 3. The number of pyridine rings is 1. The van der Waals surface area contributed by atoms with Gasteiger partial charge in [-0.1, -0.05) is 36.4 Å². The molecule has 2 aromatic heterocycles. The van der Waals surface area contributed by atoms with Gasteiger partial charge >= 0.3 is 5.97 Å². The van der Waals surface area contributed by atoms with Crippen LogP contribution in [0.5, 0.6) is 0 Å². The van der Waals surface area contributed by atoms with Gasteiger partial charge in [0.15, 0.2) is 12.4 Å². The summed E-state index contributed by atoms with van der Waals surface area (Å²) in [5.74, 6) is -0.311. The molecule has 0 radical (unpaired) electrons. The van der Waals surface area contributed by atoms with E-state index in [1.807, 2.05) is 30.3 Å². The van der Waals surface area contributed by atoms with E-state index in [-0.39, 0.29) is 35.6 Å². The van der Waals surface area contributed by atoms with Crippen LogP contribution in [-0.2, 0) is 11.3 Å². The van der Waals surface area contributed by atoms with Crippen LogP contribution in [0.15, 0.2) is 65.5 Å². The van der Waals surface area contributed by atoms with Crippen molar-refractivity contribution in [2.75, 3.05) is 11.1 Å². The maximum Gasteiger partial charge on any atom is 0.355 e. The van der Waals surface area contributed by atoms with E-state index < -0.39 is 5.97 Å². The Bertz CT molecular complexity index is 1240. The molecule has 4 aromatic rings. The van der Waals surface area contributed by atoms with E-state index in [1.54, 1.807) is 30.3 Å². The lowest BCUT2D eigenvalue weighted by Crippen LogP contribution is -2.16. The molecule has 0 bridgehead atoms. The predicted octanol–water partition coefficient (Wildman–Crippen LogP) is 2.40. The highest BCUT2D eigenvalue weighted by Crippen LogP contribution is 2.14. The van der Waals surface area contributed by atoms with Gasteiger partial charge in [0.05, 0.1) is 0 Å². The summed E-state index contributed by atoms with van der Waals surface area (Å²) in [6, 6.07) is 17.8. The van der Waals surface area contributed by atoms with Crippen molar-refractivity contribution in [1.29, 1.82) is 0 Å². The number of fused-ring (bicyclic) bond motifs is 1. The normalized spacial score (nSPS) is 10.6. The van der Waals surface area contributed by atoms with Crippen LogP contribution in [0.2, 0.25) is 0 Å². The lowest BCUT2D eigenvalue weighted by Gasteiger charge is -2.08. The highest BCUT2D eigenvalue weighted by molar-refractivity contribution is 5.92. The van der Waals surface area contributed by atoms with E-state index in [2.05, 4.69) is 25.3 Å². The summed E-state index contributed by atoms with van der Waals surface area (Å²) in [7, 11) is 0. The number of aromatic nitrogens is 4. The molecular formula is C20H16N6O3. The molecule has 4 N–H and O–H groups in total. The Morgan fingerprint density at radius 2 is 1.79 bits per heavy atom. The van der Waals surface area contributed by atoms with E-state index in [4.69, 9.17) is 10.5 Å². The van der Waals surface area contributed by atoms with E-state index in [1.165, 1.54) is 0 Å². The number of carbonyl (C=O) groups is 1. The summed E-state index contributed by atoms with van der Waals surface area (Å²) >= 11 is 0. The Morgan fingerprint density at radius 3 is 2.62 bits per heavy atom. The number of nitrogens with one attached hydrogen (secondary N) is 2. The number of ether oxygens (including phenoxy) is 1. The first-order chi connectivity index (χ1) is 14.1. The van der Waals surface area contributed by atoms with Crippen molar-refractivity contribution in [3.63, 3.8) is 0 Å². The van der Waals surface area contributed by atoms with Crippen LogP contribution in [-0.4, -0.2) is 25.9 Å². The fourth-order valence-electron chi connectivity index (χ4n) is 2.74. The number of hydrogen-bond donors (Lipinski definition) is 3. The Balaban J connectivity index is 1.50. The topological polar surface area (TPSA) is 136 Å². The average molecular weight is 388 g/mol. The van der Waals surface area contributed by atoms with Gasteiger partial charge in [-0.3, -0.25) is 4.79 Å². The fraction of sp³-hybridized carbons (Fsp3) is 0.0500. The van der Waals surface area contributed by atoms with Gasteiger partial charge in [-0.05, 0) is 29.7 Å². The lowest BCUT2D eigenvalue weighted by atomic mass is 10.1. The van der Waals surface area contributed by atoms with E-state index in [0.29, 0.717) is 10.8 Å². The smallest absolute Gasteiger partial charge is 0.355 e. The molecule has 0 aliphatic carbocycles. The Morgan fingerprint density at radius 1 is 1.03 bits per heavy atom. The molecule has 29 heavy (non-hydrogen) atoms. The second kappa shape index (κ2) is 7.77. The zero-order valence-corrected chi connectivity index (χ0v) is 15.1. The number of esters is 1. The Kier molecular flexibility index (Phi) is 4.85. The molecule has 2 heterocycles. The number of nitrogen functional groups attached to an aromatic ring is 1. The molecule has 9 heteroatoms. The highest BCUT2D eigenvalue weighted by Gasteiger charge is 2.13. The average Bonchev–Trinajstić information content (AvgIpc) is 2.72. The van der Waals surface area contributed by atoms with E-state index in [0.717, 1.165) is 5.69 Å². The third kappa shape index (κ3) is 4.19. The van der Waals surface area contributed by atoms with Gasteiger partial charge in [-0.2, -0.15) is 15.0 Å². The molecule has 0 spiro atoms. The molecule has 0 unspecified atom stereocenters. The third-order valence-electron chi connectivity index (χ3n) is 4.03. The van der Waals surface area contributed by atoms with Gasteiger partial charge in [0.2, 0.25) is 11.9 Å². The molecule has 0 saturated carbocycles. The van der Waals surface area contributed by atoms with Crippen LogP contribution in [0.25, 0.3) is 10.8 Å². The van der Waals surface area contributed by atoms with Gasteiger partial charge < -0.3 is 20.8 Å². The first kappa shape index (κ1) is 18.1. The maximum absolute atomic E-state index is 12.4. The lowest BCUT2D eigenvalue weighted by molar-refractivity contribution is 0.0455. The van der Waals surface area contributed by atoms with Crippen LogP contribution in [0.3, 0.4) is 0 Å². The zero-order valence-electron chi connectivity index (χ0n) is 15.1. The van der Waals surface area contributed by atoms with Gasteiger partial charge in [0.1, 0.15) is 5.69 Å². The maximum atomic E-state index is 12.4. The van der Waals surface area contributed by atoms with Gasteiger partial charge in [0.25, 0.3) is 5.56 Å². The van der Waals surface area contributed by atoms with Crippen molar-refractivity contribution < 1.29 is 9.53 Å². The quantitative estimate of drug-likeness (QED) is 0.443. The molecule has 0 aliphatic rings. The van der Waals surface area contributed by atoms with Gasteiger partial charge in [-0.15, -0.1) is 0 Å². The second-order valence-electron chi connectivity index (χ2n) is 6.10. The summed E-state index contributed by atoms with van der Waals surface area (Å²) < 4.78 is 5.23. The number of rotatable bonds is 5. The molecule has 0 fully saturated rings. The number of para-hydroxylation sites is 1. The SMILES string of the molecule is Nc1nc(COC(=O)c2cc3ccccc3c(=O)[nH]2)nc(Nc2ccccc2)n1. The largest absolute Gasteiger partial charge is 0.453 e. The second-order valence-corrected chi connectivity index (χ2v) is 6.10. The number of nitrogens with zero attached hydrogens (tertiary/aromatic N) is 3. The molecule has 0 atom stereocenters. The van der Waals surface area contributed by atoms with Crippen LogP contribution in [0.4, 0.5) is 17.6 Å². The number of aromatic amines is 1. The number of H-pyrrole nitrogens is 1. The van der Waals surface area contributed by atoms with Crippen LogP contribution < -0.4 is 16.6 Å². The first-order valence-corrected chi connectivity index (χ1v) is 8.70. The molecule has 0 saturated heterocycles. The highest BCUT2D eigenvalue weighted by atomic mass is 16.5. The minimum atomic E-state index is -0.704. The Labute approximate surface area is 164 Å². The number of carbonyl (C=O) groups excluding carboxylic acids is 1. The van der Waals surface area contributed by atoms with Crippen molar-refractivity contribution in [2.24, 2.45) is 0 Å². The standard InChI is InChI=1S/C20H16N6O3/c21-19-24-16(25-20(26-19)22-13-7-2-1-3-8-13)11-29-18(28)15-10-12-6-4-5-9-14(12)17(27)23-15/h1-10H,11H2,(H,23,27)(H3,21,22,24,25,26). The van der Waals surface area contributed by atoms with Crippen LogP contribution >= 0.6 is 0 Å². The summed E-state index contributed by atoms with van der Waals surface area (Å²) in [6.07, 6.45) is 0. The summed E-state index contributed by atoms with van der Waals surface area (Å²) in [4.78, 5) is 39.2. The minimum Gasteiger partial charge on any atom is -0.453 e. The van der Waals surface area contributed by atoms with Crippen molar-refractivity contribution in [2.45, 2.75) is 6.61 Å². The molecular weight excluding hydrogens is 372 g/mol. The van der Waals surface area contributed by atoms with E-state index >= 15 is 0 Å². The molecule has 9 nitrogen and oxygen atoms in total. The Hall–Kier alpha value is -4.27. The van der Waals surface area contributed by atoms with Crippen molar-refractivity contribution >= 4 is 34.3 Å². The van der Waals surface area contributed by atoms with Crippen LogP contribution in [0.1, 0.15) is 16.3 Å². The molecule has 0 aliphatic heterocycles. The molecule has 144 valence electrons. The molecule has 4 rings (SSSR count). The van der Waals surface area contributed by atoms with Gasteiger partial charge in [-0.25, -0.2) is 4.79 Å². The minimum absolute atomic E-state index is 0.0106. The molecule has 0 amide bonds. The first-order valence-electron chi connectivity index (χ1n) is 8.70. The van der Waals surface area contributed by atoms with Crippen molar-refractivity contribution in [3.05, 3.63) is 82.5 Å². The number of hydrogen-bond acceptors (Lipinski definition) is 8. The van der Waals surface area contributed by atoms with Crippen molar-refractivity contribution in [1.82, 2.24) is 19.9 Å². The molecule has 2 aromatic carbocycles. The number of nitrogens with two attached hydrogens (primary N) is 1. The summed E-state index contributed by atoms with van der Waals surface area (Å²) in [6.45, 7) is -0.232. The monoisotopic (exact) mass is 388 g/mol. The van der Waals surface area contributed by atoms with E-state index in [9.17, 15) is 9.59 Å². The zero-order chi connectivity index (χ0) is 20.2. The van der Waals surface area contributed by atoms with Gasteiger partial charge in [0, 0.05) is 11.1 Å².